The highest BCUT2D eigenvalue weighted by Crippen LogP contribution is 2.13. The summed E-state index contributed by atoms with van der Waals surface area (Å²) in [6.07, 6.45) is 23.7. The van der Waals surface area contributed by atoms with E-state index in [0.29, 0.717) is 0 Å². The lowest BCUT2D eigenvalue weighted by Gasteiger charge is -2.02. The molecule has 0 aromatic rings. The van der Waals surface area contributed by atoms with Gasteiger partial charge < -0.3 is 0 Å². The minimum atomic E-state index is 1.29. The quantitative estimate of drug-likeness (QED) is 0.212. The zero-order valence-electron chi connectivity index (χ0n) is 14.7. The third-order valence-corrected chi connectivity index (χ3v) is 4.19. The highest BCUT2D eigenvalue weighted by molar-refractivity contribution is 4.97. The number of hydrogen-bond donors (Lipinski definition) is 0. The third-order valence-electron chi connectivity index (χ3n) is 4.19. The van der Waals surface area contributed by atoms with Crippen molar-refractivity contribution in [2.75, 3.05) is 0 Å². The summed E-state index contributed by atoms with van der Waals surface area (Å²) in [7, 11) is 0. The Bertz CT molecular complexity index is 202. The van der Waals surface area contributed by atoms with Gasteiger partial charge in [0.1, 0.15) is 0 Å². The van der Waals surface area contributed by atoms with Crippen LogP contribution in [0, 0.1) is 0 Å². The first-order valence-electron chi connectivity index (χ1n) is 9.46. The summed E-state index contributed by atoms with van der Waals surface area (Å²) in [6.45, 7) is 6.84. The summed E-state index contributed by atoms with van der Waals surface area (Å²) >= 11 is 0. The van der Waals surface area contributed by atoms with Crippen molar-refractivity contribution in [1.82, 2.24) is 0 Å². The molecule has 0 bridgehead atoms. The van der Waals surface area contributed by atoms with Gasteiger partial charge in [-0.25, -0.2) is 0 Å². The van der Waals surface area contributed by atoms with Crippen LogP contribution in [0.15, 0.2) is 11.6 Å². The van der Waals surface area contributed by atoms with Crippen LogP contribution in [0.3, 0.4) is 0 Å². The van der Waals surface area contributed by atoms with Crippen molar-refractivity contribution in [1.29, 1.82) is 0 Å². The van der Waals surface area contributed by atoms with Crippen molar-refractivity contribution in [2.24, 2.45) is 0 Å². The van der Waals surface area contributed by atoms with Crippen LogP contribution >= 0.6 is 0 Å². The van der Waals surface area contributed by atoms with Gasteiger partial charge in [-0.3, -0.25) is 0 Å². The summed E-state index contributed by atoms with van der Waals surface area (Å²) < 4.78 is 0. The van der Waals surface area contributed by atoms with Crippen molar-refractivity contribution in [3.63, 3.8) is 0 Å². The molecule has 0 aliphatic carbocycles. The Morgan fingerprint density at radius 1 is 0.600 bits per heavy atom. The van der Waals surface area contributed by atoms with E-state index in [0.717, 1.165) is 0 Å². The van der Waals surface area contributed by atoms with Gasteiger partial charge in [0, 0.05) is 0 Å². The van der Waals surface area contributed by atoms with E-state index < -0.39 is 0 Å². The second kappa shape index (κ2) is 16.8. The van der Waals surface area contributed by atoms with E-state index in [4.69, 9.17) is 0 Å². The Hall–Kier alpha value is -0.260. The second-order valence-corrected chi connectivity index (χ2v) is 6.48. The number of unbranched alkanes of at least 4 members (excludes halogenated alkanes) is 12. The van der Waals surface area contributed by atoms with Gasteiger partial charge >= 0.3 is 0 Å². The molecule has 0 aliphatic heterocycles. The molecular formula is C20H40. The SMILES string of the molecule is CCCCCCCCCCCCCC/C=C(\C)CCC. The Balaban J connectivity index is 3.08. The number of allylic oxidation sites excluding steroid dienone is 2. The molecule has 0 atom stereocenters. The van der Waals surface area contributed by atoms with Crippen molar-refractivity contribution >= 4 is 0 Å². The van der Waals surface area contributed by atoms with Crippen molar-refractivity contribution in [3.05, 3.63) is 11.6 Å². The number of rotatable bonds is 15. The summed E-state index contributed by atoms with van der Waals surface area (Å²) in [5.41, 5.74) is 1.59. The smallest absolute Gasteiger partial charge is 0.0326 e. The molecular weight excluding hydrogens is 240 g/mol. The molecule has 0 fully saturated rings. The Labute approximate surface area is 129 Å². The average molecular weight is 281 g/mol. The normalized spacial score (nSPS) is 12.1. The topological polar surface area (TPSA) is 0 Å². The summed E-state index contributed by atoms with van der Waals surface area (Å²) in [6, 6.07) is 0. The molecule has 0 heterocycles. The van der Waals surface area contributed by atoms with Crippen LogP contribution in [0.25, 0.3) is 0 Å². The van der Waals surface area contributed by atoms with Crippen LogP contribution in [0.5, 0.6) is 0 Å². The van der Waals surface area contributed by atoms with E-state index >= 15 is 0 Å². The van der Waals surface area contributed by atoms with Gasteiger partial charge in [0.25, 0.3) is 0 Å². The molecule has 0 aliphatic rings. The van der Waals surface area contributed by atoms with Crippen LogP contribution in [0.2, 0.25) is 0 Å². The lowest BCUT2D eigenvalue weighted by Crippen LogP contribution is -1.83. The maximum Gasteiger partial charge on any atom is -0.0326 e. The monoisotopic (exact) mass is 280 g/mol. The molecule has 0 nitrogen and oxygen atoms in total. The molecule has 0 heteroatoms. The predicted molar refractivity (Wildman–Crippen MR) is 94.4 cm³/mol. The second-order valence-electron chi connectivity index (χ2n) is 6.48. The Kier molecular flexibility index (Phi) is 16.6. The van der Waals surface area contributed by atoms with Gasteiger partial charge in [0.2, 0.25) is 0 Å². The lowest BCUT2D eigenvalue weighted by atomic mass is 10.0. The third kappa shape index (κ3) is 15.8. The molecule has 0 N–H and O–H groups in total. The lowest BCUT2D eigenvalue weighted by molar-refractivity contribution is 0.544. The van der Waals surface area contributed by atoms with Crippen molar-refractivity contribution in [2.45, 2.75) is 117 Å². The van der Waals surface area contributed by atoms with Gasteiger partial charge in [-0.05, 0) is 26.2 Å². The van der Waals surface area contributed by atoms with E-state index in [2.05, 4.69) is 26.8 Å². The van der Waals surface area contributed by atoms with Crippen molar-refractivity contribution in [3.8, 4) is 0 Å². The molecule has 0 saturated carbocycles. The molecule has 0 rings (SSSR count). The average Bonchev–Trinajstić information content (AvgIpc) is 2.44. The Morgan fingerprint density at radius 2 is 1.05 bits per heavy atom. The molecule has 0 saturated heterocycles. The van der Waals surface area contributed by atoms with Crippen LogP contribution in [-0.2, 0) is 0 Å². The van der Waals surface area contributed by atoms with Gasteiger partial charge in [0.15, 0.2) is 0 Å². The first kappa shape index (κ1) is 19.7. The standard InChI is InChI=1S/C20H40/c1-4-6-7-8-9-10-11-12-13-14-15-16-17-19-20(3)18-5-2/h19H,4-18H2,1-3H3/b20-19+. The minimum absolute atomic E-state index is 1.29. The van der Waals surface area contributed by atoms with E-state index in [1.165, 1.54) is 96.3 Å². The highest BCUT2D eigenvalue weighted by atomic mass is 14.0. The largest absolute Gasteiger partial charge is 0.0856 e. The van der Waals surface area contributed by atoms with E-state index in [1.807, 2.05) is 0 Å². The summed E-state index contributed by atoms with van der Waals surface area (Å²) in [5, 5.41) is 0. The molecule has 20 heavy (non-hydrogen) atoms. The van der Waals surface area contributed by atoms with Gasteiger partial charge in [-0.1, -0.05) is 103 Å². The molecule has 0 aromatic heterocycles. The summed E-state index contributed by atoms with van der Waals surface area (Å²) in [5.74, 6) is 0. The molecule has 0 spiro atoms. The predicted octanol–water partition coefficient (Wildman–Crippen LogP) is 7.82. The molecule has 0 amide bonds. The van der Waals surface area contributed by atoms with E-state index in [-0.39, 0.29) is 0 Å². The minimum Gasteiger partial charge on any atom is -0.0856 e. The number of hydrogen-bond acceptors (Lipinski definition) is 0. The van der Waals surface area contributed by atoms with E-state index in [1.54, 1.807) is 5.57 Å². The zero-order valence-corrected chi connectivity index (χ0v) is 14.7. The molecule has 0 aromatic carbocycles. The fraction of sp³-hybridized carbons (Fsp3) is 0.900. The van der Waals surface area contributed by atoms with Gasteiger partial charge in [-0.15, -0.1) is 0 Å². The van der Waals surface area contributed by atoms with E-state index in [9.17, 15) is 0 Å². The maximum atomic E-state index is 2.46. The zero-order chi connectivity index (χ0) is 14.9. The highest BCUT2D eigenvalue weighted by Gasteiger charge is 1.93. The molecule has 0 unspecified atom stereocenters. The summed E-state index contributed by atoms with van der Waals surface area (Å²) in [4.78, 5) is 0. The van der Waals surface area contributed by atoms with Crippen LogP contribution in [-0.4, -0.2) is 0 Å². The maximum absolute atomic E-state index is 2.46. The van der Waals surface area contributed by atoms with Crippen molar-refractivity contribution < 1.29 is 0 Å². The fourth-order valence-corrected chi connectivity index (χ4v) is 2.83. The first-order chi connectivity index (χ1) is 9.81. The molecule has 0 radical (unpaired) electrons. The van der Waals surface area contributed by atoms with Gasteiger partial charge in [0.05, 0.1) is 0 Å². The Morgan fingerprint density at radius 3 is 1.50 bits per heavy atom. The van der Waals surface area contributed by atoms with Gasteiger partial charge in [-0.2, -0.15) is 0 Å². The fourth-order valence-electron chi connectivity index (χ4n) is 2.83. The van der Waals surface area contributed by atoms with Crippen LogP contribution in [0.4, 0.5) is 0 Å². The first-order valence-corrected chi connectivity index (χ1v) is 9.46. The van der Waals surface area contributed by atoms with Crippen LogP contribution < -0.4 is 0 Å². The van der Waals surface area contributed by atoms with Crippen LogP contribution in [0.1, 0.15) is 117 Å². The molecule has 120 valence electrons.